The highest BCUT2D eigenvalue weighted by molar-refractivity contribution is 9.09. The summed E-state index contributed by atoms with van der Waals surface area (Å²) in [6.07, 6.45) is 0.780. The smallest absolute Gasteiger partial charge is 0.257 e. The Labute approximate surface area is 146 Å². The molecule has 0 radical (unpaired) electrons. The first-order valence-corrected chi connectivity index (χ1v) is 8.32. The van der Waals surface area contributed by atoms with Gasteiger partial charge in [-0.25, -0.2) is 0 Å². The van der Waals surface area contributed by atoms with Crippen molar-refractivity contribution in [2.45, 2.75) is 11.6 Å². The maximum Gasteiger partial charge on any atom is 0.257 e. The van der Waals surface area contributed by atoms with Crippen LogP contribution in [0.1, 0.15) is 5.56 Å². The maximum atomic E-state index is 5.63. The summed E-state index contributed by atoms with van der Waals surface area (Å²) in [5, 5.41) is -0.502. The van der Waals surface area contributed by atoms with Gasteiger partial charge in [-0.1, -0.05) is 12.1 Å². The van der Waals surface area contributed by atoms with Crippen LogP contribution < -0.4 is 4.74 Å². The third-order valence-electron chi connectivity index (χ3n) is 2.80. The minimum atomic E-state index is -0.502. The zero-order chi connectivity index (χ0) is 16.8. The highest BCUT2D eigenvalue weighted by atomic mass is 79.9. The molecule has 1 aromatic carbocycles. The Morgan fingerprint density at radius 3 is 2.48 bits per heavy atom. The summed E-state index contributed by atoms with van der Waals surface area (Å²) in [4.78, 5) is 0. The second-order valence-corrected chi connectivity index (χ2v) is 5.33. The van der Waals surface area contributed by atoms with Crippen LogP contribution in [-0.2, 0) is 30.1 Å². The number of methoxy groups -OCH3 is 2. The monoisotopic (exact) mass is 392 g/mol. The summed E-state index contributed by atoms with van der Waals surface area (Å²) in [6, 6.07) is 7.81. The minimum Gasteiger partial charge on any atom is -0.455 e. The lowest BCUT2D eigenvalue weighted by Crippen LogP contribution is -2.16. The van der Waals surface area contributed by atoms with Gasteiger partial charge >= 0.3 is 0 Å². The van der Waals surface area contributed by atoms with E-state index in [0.717, 1.165) is 17.7 Å². The average Bonchev–Trinajstić information content (AvgIpc) is 2.54. The first kappa shape index (κ1) is 20.3. The molecule has 132 valence electrons. The molecule has 7 heteroatoms. The lowest BCUT2D eigenvalue weighted by molar-refractivity contribution is -0.0647. The van der Waals surface area contributed by atoms with E-state index in [0.29, 0.717) is 33.0 Å². The highest BCUT2D eigenvalue weighted by Crippen LogP contribution is 2.18. The molecule has 23 heavy (non-hydrogen) atoms. The van der Waals surface area contributed by atoms with E-state index in [9.17, 15) is 0 Å². The highest BCUT2D eigenvalue weighted by Gasteiger charge is 2.06. The standard InChI is InChI=1S/C16H25BrO6/c1-18-8-10-21-13-20-7-6-14-4-3-5-15(12-14)23-16(17)22-11-9-19-2/h3-5,12,16H,6-11,13H2,1-2H3. The lowest BCUT2D eigenvalue weighted by Gasteiger charge is -2.14. The van der Waals surface area contributed by atoms with Gasteiger partial charge in [0, 0.05) is 14.2 Å². The van der Waals surface area contributed by atoms with Gasteiger partial charge in [0.05, 0.1) is 33.0 Å². The molecule has 1 rings (SSSR count). The topological polar surface area (TPSA) is 55.4 Å². The fourth-order valence-corrected chi connectivity index (χ4v) is 2.05. The van der Waals surface area contributed by atoms with Crippen LogP contribution >= 0.6 is 15.9 Å². The van der Waals surface area contributed by atoms with Crippen LogP contribution in [0.4, 0.5) is 0 Å². The van der Waals surface area contributed by atoms with Crippen molar-refractivity contribution in [1.82, 2.24) is 0 Å². The number of halogens is 1. The van der Waals surface area contributed by atoms with Gasteiger partial charge in [-0.05, 0) is 40.0 Å². The molecule has 1 atom stereocenters. The largest absolute Gasteiger partial charge is 0.455 e. The van der Waals surface area contributed by atoms with E-state index in [1.807, 2.05) is 24.3 Å². The van der Waals surface area contributed by atoms with Gasteiger partial charge in [-0.15, -0.1) is 0 Å². The van der Waals surface area contributed by atoms with Crippen LogP contribution in [0.25, 0.3) is 0 Å². The van der Waals surface area contributed by atoms with E-state index in [4.69, 9.17) is 28.4 Å². The Balaban J connectivity index is 2.22. The number of benzene rings is 1. The summed E-state index contributed by atoms with van der Waals surface area (Å²) in [5.74, 6) is 0.734. The third-order valence-corrected chi connectivity index (χ3v) is 3.25. The molecule has 1 aromatic rings. The van der Waals surface area contributed by atoms with Crippen molar-refractivity contribution in [3.05, 3.63) is 29.8 Å². The minimum absolute atomic E-state index is 0.274. The van der Waals surface area contributed by atoms with E-state index in [2.05, 4.69) is 15.9 Å². The maximum absolute atomic E-state index is 5.63. The van der Waals surface area contributed by atoms with Crippen LogP contribution in [0, 0.1) is 0 Å². The molecule has 0 fully saturated rings. The molecule has 0 saturated heterocycles. The molecule has 0 N–H and O–H groups in total. The Hall–Kier alpha value is -0.700. The van der Waals surface area contributed by atoms with Crippen LogP contribution in [0.2, 0.25) is 0 Å². The van der Waals surface area contributed by atoms with Crippen molar-refractivity contribution in [2.24, 2.45) is 0 Å². The van der Waals surface area contributed by atoms with E-state index in [-0.39, 0.29) is 6.79 Å². The molecule has 0 saturated carbocycles. The Bertz CT molecular complexity index is 404. The summed E-state index contributed by atoms with van der Waals surface area (Å²) in [5.41, 5.74) is 1.12. The normalized spacial score (nSPS) is 12.3. The number of alkyl halides is 1. The molecule has 1 unspecified atom stereocenters. The van der Waals surface area contributed by atoms with E-state index < -0.39 is 5.20 Å². The van der Waals surface area contributed by atoms with Gasteiger partial charge in [-0.3, -0.25) is 0 Å². The fourth-order valence-electron chi connectivity index (χ4n) is 1.65. The first-order valence-electron chi connectivity index (χ1n) is 7.41. The summed E-state index contributed by atoms with van der Waals surface area (Å²) >= 11 is 3.31. The van der Waals surface area contributed by atoms with Crippen LogP contribution in [0.5, 0.6) is 5.75 Å². The fraction of sp³-hybridized carbons (Fsp3) is 0.625. The lowest BCUT2D eigenvalue weighted by atomic mass is 10.1. The van der Waals surface area contributed by atoms with Crippen molar-refractivity contribution in [3.8, 4) is 5.75 Å². The Kier molecular flexibility index (Phi) is 12.1. The number of hydrogen-bond acceptors (Lipinski definition) is 6. The van der Waals surface area contributed by atoms with Gasteiger partial charge in [0.25, 0.3) is 5.20 Å². The molecular weight excluding hydrogens is 368 g/mol. The van der Waals surface area contributed by atoms with Crippen molar-refractivity contribution in [1.29, 1.82) is 0 Å². The molecular formula is C16H25BrO6. The summed E-state index contributed by atoms with van der Waals surface area (Å²) in [6.45, 7) is 2.95. The Morgan fingerprint density at radius 1 is 0.957 bits per heavy atom. The zero-order valence-corrected chi connectivity index (χ0v) is 15.2. The summed E-state index contributed by atoms with van der Waals surface area (Å²) < 4.78 is 31.4. The van der Waals surface area contributed by atoms with Crippen molar-refractivity contribution in [2.75, 3.05) is 54.0 Å². The molecule has 0 amide bonds. The molecule has 0 spiro atoms. The number of hydrogen-bond donors (Lipinski definition) is 0. The molecule has 0 aromatic heterocycles. The van der Waals surface area contributed by atoms with E-state index in [1.54, 1.807) is 14.2 Å². The SMILES string of the molecule is COCCOCOCCc1cccc(OC(Br)OCCOC)c1. The first-order chi connectivity index (χ1) is 11.3. The molecule has 0 aliphatic heterocycles. The van der Waals surface area contributed by atoms with Crippen molar-refractivity contribution >= 4 is 15.9 Å². The van der Waals surface area contributed by atoms with Crippen molar-refractivity contribution in [3.63, 3.8) is 0 Å². The molecule has 6 nitrogen and oxygen atoms in total. The Morgan fingerprint density at radius 2 is 1.70 bits per heavy atom. The van der Waals surface area contributed by atoms with E-state index in [1.165, 1.54) is 0 Å². The number of rotatable bonds is 14. The van der Waals surface area contributed by atoms with Crippen LogP contribution in [0.15, 0.2) is 24.3 Å². The van der Waals surface area contributed by atoms with Gasteiger partial charge < -0.3 is 28.4 Å². The molecule has 0 heterocycles. The van der Waals surface area contributed by atoms with E-state index >= 15 is 0 Å². The van der Waals surface area contributed by atoms with Crippen molar-refractivity contribution < 1.29 is 28.4 Å². The van der Waals surface area contributed by atoms with Gasteiger partial charge in [0.1, 0.15) is 12.5 Å². The van der Waals surface area contributed by atoms with Gasteiger partial charge in [0.15, 0.2) is 0 Å². The van der Waals surface area contributed by atoms with Crippen LogP contribution in [0.3, 0.4) is 0 Å². The number of ether oxygens (including phenoxy) is 6. The van der Waals surface area contributed by atoms with Crippen LogP contribution in [-0.4, -0.2) is 59.2 Å². The predicted molar refractivity (Wildman–Crippen MR) is 90.0 cm³/mol. The average molecular weight is 393 g/mol. The third kappa shape index (κ3) is 10.6. The predicted octanol–water partition coefficient (Wildman–Crippen LogP) is 2.59. The molecule has 0 aliphatic carbocycles. The quantitative estimate of drug-likeness (QED) is 0.275. The second-order valence-electron chi connectivity index (χ2n) is 4.58. The molecule has 0 bridgehead atoms. The van der Waals surface area contributed by atoms with Gasteiger partial charge in [-0.2, -0.15) is 0 Å². The van der Waals surface area contributed by atoms with Gasteiger partial charge in [0.2, 0.25) is 0 Å². The zero-order valence-electron chi connectivity index (χ0n) is 13.7. The summed E-state index contributed by atoms with van der Waals surface area (Å²) in [7, 11) is 3.26. The second kappa shape index (κ2) is 13.7. The molecule has 0 aliphatic rings.